The minimum atomic E-state index is -0.276. The number of benzene rings is 2. The largest absolute Gasteiger partial charge is 0.369 e. The van der Waals surface area contributed by atoms with Crippen molar-refractivity contribution < 1.29 is 14.2 Å². The highest BCUT2D eigenvalue weighted by Gasteiger charge is 2.23. The maximum absolute atomic E-state index is 5.94. The van der Waals surface area contributed by atoms with Crippen molar-refractivity contribution in [2.24, 2.45) is 0 Å². The van der Waals surface area contributed by atoms with Crippen LogP contribution in [0.25, 0.3) is 0 Å². The lowest BCUT2D eigenvalue weighted by atomic mass is 10.1. The summed E-state index contributed by atoms with van der Waals surface area (Å²) in [6, 6.07) is 16.4. The van der Waals surface area contributed by atoms with E-state index in [0.29, 0.717) is 19.8 Å². The molecule has 22 heavy (non-hydrogen) atoms. The van der Waals surface area contributed by atoms with Gasteiger partial charge in [-0.1, -0.05) is 54.1 Å². The normalized spacial score (nSPS) is 21.7. The molecule has 1 saturated heterocycles. The number of hydrogen-bond donors (Lipinski definition) is 0. The fourth-order valence-corrected chi connectivity index (χ4v) is 2.55. The summed E-state index contributed by atoms with van der Waals surface area (Å²) in [5.41, 5.74) is 4.79. The van der Waals surface area contributed by atoms with E-state index in [0.717, 1.165) is 5.56 Å². The highest BCUT2D eigenvalue weighted by molar-refractivity contribution is 5.29. The average Bonchev–Trinajstić information content (AvgIpc) is 2.57. The highest BCUT2D eigenvalue weighted by atomic mass is 16.7. The van der Waals surface area contributed by atoms with Crippen LogP contribution < -0.4 is 0 Å². The van der Waals surface area contributed by atoms with Crippen LogP contribution in [-0.4, -0.2) is 19.3 Å². The third-order valence-electron chi connectivity index (χ3n) is 3.92. The van der Waals surface area contributed by atoms with Crippen LogP contribution in [0.1, 0.15) is 28.5 Å². The van der Waals surface area contributed by atoms with Crippen molar-refractivity contribution in [3.63, 3.8) is 0 Å². The lowest BCUT2D eigenvalue weighted by molar-refractivity contribution is -0.232. The molecule has 0 atom stereocenters. The molecule has 0 radical (unpaired) electrons. The van der Waals surface area contributed by atoms with Crippen molar-refractivity contribution >= 4 is 0 Å². The second kappa shape index (κ2) is 7.05. The molecule has 0 spiro atoms. The molecule has 116 valence electrons. The Morgan fingerprint density at radius 2 is 1.73 bits per heavy atom. The SMILES string of the molecule is Cc1ccc(C)c(CO[C@H]2CO[C@@H](c3ccccc3)OC2)c1. The van der Waals surface area contributed by atoms with Crippen LogP contribution in [0.2, 0.25) is 0 Å². The van der Waals surface area contributed by atoms with Crippen LogP contribution >= 0.6 is 0 Å². The van der Waals surface area contributed by atoms with E-state index < -0.39 is 0 Å². The zero-order valence-corrected chi connectivity index (χ0v) is 13.1. The zero-order chi connectivity index (χ0) is 15.4. The smallest absolute Gasteiger partial charge is 0.184 e. The van der Waals surface area contributed by atoms with E-state index in [4.69, 9.17) is 14.2 Å². The van der Waals surface area contributed by atoms with Gasteiger partial charge in [-0.3, -0.25) is 0 Å². The molecule has 2 aromatic carbocycles. The van der Waals surface area contributed by atoms with Gasteiger partial charge in [-0.2, -0.15) is 0 Å². The molecule has 0 aliphatic carbocycles. The first-order valence-electron chi connectivity index (χ1n) is 7.68. The molecule has 0 N–H and O–H groups in total. The van der Waals surface area contributed by atoms with Crippen LogP contribution in [0, 0.1) is 13.8 Å². The molecule has 1 fully saturated rings. The molecule has 3 rings (SSSR count). The van der Waals surface area contributed by atoms with E-state index in [1.165, 1.54) is 16.7 Å². The van der Waals surface area contributed by atoms with Gasteiger partial charge in [0.15, 0.2) is 6.29 Å². The van der Waals surface area contributed by atoms with Gasteiger partial charge in [-0.25, -0.2) is 0 Å². The molecule has 3 heteroatoms. The fourth-order valence-electron chi connectivity index (χ4n) is 2.55. The first-order valence-corrected chi connectivity index (χ1v) is 7.68. The molecule has 0 saturated carbocycles. The van der Waals surface area contributed by atoms with Gasteiger partial charge in [0.2, 0.25) is 0 Å². The first kappa shape index (κ1) is 15.2. The molecule has 1 aliphatic rings. The molecule has 0 aromatic heterocycles. The summed E-state index contributed by atoms with van der Waals surface area (Å²) in [6.45, 7) is 5.92. The number of hydrogen-bond acceptors (Lipinski definition) is 3. The van der Waals surface area contributed by atoms with Crippen molar-refractivity contribution in [1.29, 1.82) is 0 Å². The summed E-state index contributed by atoms with van der Waals surface area (Å²) >= 11 is 0. The van der Waals surface area contributed by atoms with Gasteiger partial charge < -0.3 is 14.2 Å². The quantitative estimate of drug-likeness (QED) is 0.856. The molecule has 2 aromatic rings. The molecule has 0 unspecified atom stereocenters. The van der Waals surface area contributed by atoms with Crippen LogP contribution in [0.15, 0.2) is 48.5 Å². The Hall–Kier alpha value is -1.68. The summed E-state index contributed by atoms with van der Waals surface area (Å²) < 4.78 is 17.5. The van der Waals surface area contributed by atoms with Gasteiger partial charge in [0, 0.05) is 5.56 Å². The molecule has 1 aliphatic heterocycles. The minimum Gasteiger partial charge on any atom is -0.369 e. The van der Waals surface area contributed by atoms with Crippen molar-refractivity contribution in [2.45, 2.75) is 32.8 Å². The van der Waals surface area contributed by atoms with Crippen molar-refractivity contribution in [3.05, 3.63) is 70.8 Å². The number of aryl methyl sites for hydroxylation is 2. The van der Waals surface area contributed by atoms with Crippen LogP contribution in [0.5, 0.6) is 0 Å². The average molecular weight is 298 g/mol. The maximum atomic E-state index is 5.94. The fraction of sp³-hybridized carbons (Fsp3) is 0.368. The van der Waals surface area contributed by atoms with Crippen LogP contribution in [-0.2, 0) is 20.8 Å². The Bertz CT molecular complexity index is 601. The third kappa shape index (κ3) is 3.74. The predicted molar refractivity (Wildman–Crippen MR) is 85.6 cm³/mol. The van der Waals surface area contributed by atoms with Crippen molar-refractivity contribution in [1.82, 2.24) is 0 Å². The van der Waals surface area contributed by atoms with Crippen LogP contribution in [0.3, 0.4) is 0 Å². The molecule has 0 bridgehead atoms. The first-order chi connectivity index (χ1) is 10.7. The monoisotopic (exact) mass is 298 g/mol. The Kier molecular flexibility index (Phi) is 4.88. The molecular weight excluding hydrogens is 276 g/mol. The second-order valence-corrected chi connectivity index (χ2v) is 5.77. The van der Waals surface area contributed by atoms with Gasteiger partial charge in [-0.05, 0) is 25.0 Å². The third-order valence-corrected chi connectivity index (χ3v) is 3.92. The Morgan fingerprint density at radius 3 is 2.45 bits per heavy atom. The standard InChI is InChI=1S/C19H22O3/c1-14-8-9-15(2)17(10-14)11-20-18-12-21-19(22-13-18)16-6-4-3-5-7-16/h3-10,18-19H,11-13H2,1-2H3/t18-,19+. The van der Waals surface area contributed by atoms with Crippen LogP contribution in [0.4, 0.5) is 0 Å². The molecular formula is C19H22O3. The topological polar surface area (TPSA) is 27.7 Å². The second-order valence-electron chi connectivity index (χ2n) is 5.77. The van der Waals surface area contributed by atoms with E-state index in [9.17, 15) is 0 Å². The number of rotatable bonds is 4. The van der Waals surface area contributed by atoms with E-state index in [2.05, 4.69) is 32.0 Å². The Morgan fingerprint density at radius 1 is 1.00 bits per heavy atom. The zero-order valence-electron chi connectivity index (χ0n) is 13.1. The predicted octanol–water partition coefficient (Wildman–Crippen LogP) is 3.93. The lowest BCUT2D eigenvalue weighted by Gasteiger charge is -2.29. The Balaban J connectivity index is 1.51. The van der Waals surface area contributed by atoms with E-state index in [-0.39, 0.29) is 12.4 Å². The van der Waals surface area contributed by atoms with E-state index in [1.807, 2.05) is 30.3 Å². The molecule has 0 amide bonds. The molecule has 3 nitrogen and oxygen atoms in total. The summed E-state index contributed by atoms with van der Waals surface area (Å²) in [6.07, 6.45) is -0.290. The van der Waals surface area contributed by atoms with Gasteiger partial charge >= 0.3 is 0 Å². The summed E-state index contributed by atoms with van der Waals surface area (Å²) in [5.74, 6) is 0. The summed E-state index contributed by atoms with van der Waals surface area (Å²) in [5, 5.41) is 0. The van der Waals surface area contributed by atoms with Crippen molar-refractivity contribution in [2.75, 3.05) is 13.2 Å². The minimum absolute atomic E-state index is 0.0140. The summed E-state index contributed by atoms with van der Waals surface area (Å²) in [7, 11) is 0. The Labute approximate surface area is 131 Å². The highest BCUT2D eigenvalue weighted by Crippen LogP contribution is 2.24. The number of ether oxygens (including phenoxy) is 3. The van der Waals surface area contributed by atoms with E-state index >= 15 is 0 Å². The maximum Gasteiger partial charge on any atom is 0.184 e. The summed E-state index contributed by atoms with van der Waals surface area (Å²) in [4.78, 5) is 0. The van der Waals surface area contributed by atoms with Gasteiger partial charge in [-0.15, -0.1) is 0 Å². The van der Waals surface area contributed by atoms with Crippen molar-refractivity contribution in [3.8, 4) is 0 Å². The van der Waals surface area contributed by atoms with Gasteiger partial charge in [0.25, 0.3) is 0 Å². The lowest BCUT2D eigenvalue weighted by Crippen LogP contribution is -2.33. The van der Waals surface area contributed by atoms with E-state index in [1.54, 1.807) is 0 Å². The van der Waals surface area contributed by atoms with Gasteiger partial charge in [0.1, 0.15) is 6.10 Å². The molecule has 1 heterocycles. The van der Waals surface area contributed by atoms with Gasteiger partial charge in [0.05, 0.1) is 19.8 Å².